The third kappa shape index (κ3) is 3.68. The maximum absolute atomic E-state index is 4.40. The zero-order valence-electron chi connectivity index (χ0n) is 11.7. The number of nitrogens with one attached hydrogen (secondary N) is 2. The van der Waals surface area contributed by atoms with Crippen molar-refractivity contribution in [2.45, 2.75) is 20.0 Å². The molecule has 0 aromatic carbocycles. The number of pyridine rings is 1. The molecule has 0 aliphatic rings. The van der Waals surface area contributed by atoms with E-state index in [2.05, 4.69) is 31.7 Å². The molecular formula is C14H17ClN6. The molecule has 0 atom stereocenters. The highest BCUT2D eigenvalue weighted by molar-refractivity contribution is 5.85. The molecule has 0 spiro atoms. The summed E-state index contributed by atoms with van der Waals surface area (Å²) in [5.41, 5.74) is 3.43. The van der Waals surface area contributed by atoms with Crippen LogP contribution in [-0.4, -0.2) is 25.0 Å². The zero-order chi connectivity index (χ0) is 13.8. The highest BCUT2D eigenvalue weighted by atomic mass is 35.5. The first-order chi connectivity index (χ1) is 9.83. The molecule has 0 aliphatic carbocycles. The summed E-state index contributed by atoms with van der Waals surface area (Å²) in [6.45, 7) is 3.59. The number of hydrogen-bond acceptors (Lipinski definition) is 4. The average molecular weight is 305 g/mol. The molecule has 6 nitrogen and oxygen atoms in total. The number of aromatic nitrogens is 5. The predicted molar refractivity (Wildman–Crippen MR) is 82.5 cm³/mol. The van der Waals surface area contributed by atoms with E-state index in [1.54, 1.807) is 10.9 Å². The van der Waals surface area contributed by atoms with Gasteiger partial charge in [-0.2, -0.15) is 10.2 Å². The second-order valence-corrected chi connectivity index (χ2v) is 4.60. The van der Waals surface area contributed by atoms with Crippen molar-refractivity contribution in [3.05, 3.63) is 59.8 Å². The molecule has 0 saturated carbocycles. The lowest BCUT2D eigenvalue weighted by Gasteiger charge is -2.05. The van der Waals surface area contributed by atoms with E-state index in [1.807, 2.05) is 37.6 Å². The van der Waals surface area contributed by atoms with Gasteiger partial charge in [-0.3, -0.25) is 5.10 Å². The highest BCUT2D eigenvalue weighted by Gasteiger charge is 2.01. The van der Waals surface area contributed by atoms with Gasteiger partial charge in [0.2, 0.25) is 0 Å². The first kappa shape index (κ1) is 15.2. The van der Waals surface area contributed by atoms with Gasteiger partial charge >= 0.3 is 0 Å². The molecule has 0 saturated heterocycles. The third-order valence-corrected chi connectivity index (χ3v) is 3.13. The summed E-state index contributed by atoms with van der Waals surface area (Å²) in [6, 6.07) is 5.90. The second-order valence-electron chi connectivity index (χ2n) is 4.60. The van der Waals surface area contributed by atoms with Crippen molar-refractivity contribution >= 4 is 12.4 Å². The first-order valence-corrected chi connectivity index (χ1v) is 6.47. The minimum absolute atomic E-state index is 0. The van der Waals surface area contributed by atoms with Crippen molar-refractivity contribution in [2.24, 2.45) is 0 Å². The van der Waals surface area contributed by atoms with E-state index in [0.717, 1.165) is 30.2 Å². The average Bonchev–Trinajstić information content (AvgIpc) is 3.12. The van der Waals surface area contributed by atoms with Crippen molar-refractivity contribution in [3.8, 4) is 5.82 Å². The Kier molecular flexibility index (Phi) is 5.08. The molecule has 0 aliphatic heterocycles. The molecule has 3 aromatic rings. The van der Waals surface area contributed by atoms with Crippen LogP contribution in [0.2, 0.25) is 0 Å². The van der Waals surface area contributed by atoms with Crippen LogP contribution >= 0.6 is 12.4 Å². The van der Waals surface area contributed by atoms with Gasteiger partial charge in [-0.1, -0.05) is 6.07 Å². The van der Waals surface area contributed by atoms with Gasteiger partial charge in [0, 0.05) is 42.9 Å². The Morgan fingerprint density at radius 1 is 1.24 bits per heavy atom. The summed E-state index contributed by atoms with van der Waals surface area (Å²) in [7, 11) is 0. The monoisotopic (exact) mass is 304 g/mol. The SMILES string of the molecule is Cc1[nH]ncc1CNCc1ccc(-n2cccn2)nc1.Cl. The molecule has 21 heavy (non-hydrogen) atoms. The summed E-state index contributed by atoms with van der Waals surface area (Å²) in [4.78, 5) is 4.40. The van der Waals surface area contributed by atoms with Gasteiger partial charge in [-0.15, -0.1) is 12.4 Å². The number of halogens is 1. The minimum atomic E-state index is 0. The first-order valence-electron chi connectivity index (χ1n) is 6.47. The van der Waals surface area contributed by atoms with E-state index in [0.29, 0.717) is 0 Å². The van der Waals surface area contributed by atoms with Gasteiger partial charge < -0.3 is 5.32 Å². The molecule has 0 fully saturated rings. The molecule has 7 heteroatoms. The normalized spacial score (nSPS) is 10.3. The Balaban J connectivity index is 0.00000161. The van der Waals surface area contributed by atoms with E-state index in [4.69, 9.17) is 0 Å². The van der Waals surface area contributed by atoms with Crippen molar-refractivity contribution in [1.82, 2.24) is 30.3 Å². The summed E-state index contributed by atoms with van der Waals surface area (Å²) < 4.78 is 1.74. The molecule has 0 amide bonds. The summed E-state index contributed by atoms with van der Waals surface area (Å²) in [5.74, 6) is 0.824. The third-order valence-electron chi connectivity index (χ3n) is 3.13. The van der Waals surface area contributed by atoms with Crippen LogP contribution < -0.4 is 5.32 Å². The summed E-state index contributed by atoms with van der Waals surface area (Å²) >= 11 is 0. The van der Waals surface area contributed by atoms with Crippen molar-refractivity contribution < 1.29 is 0 Å². The fraction of sp³-hybridized carbons (Fsp3) is 0.214. The molecule has 3 heterocycles. The molecule has 0 bridgehead atoms. The lowest BCUT2D eigenvalue weighted by molar-refractivity contribution is 0.688. The Labute approximate surface area is 129 Å². The Hall–Kier alpha value is -2.18. The van der Waals surface area contributed by atoms with E-state index in [9.17, 15) is 0 Å². The number of nitrogens with zero attached hydrogens (tertiary/aromatic N) is 4. The molecule has 2 N–H and O–H groups in total. The van der Waals surface area contributed by atoms with Crippen LogP contribution in [0.15, 0.2) is 43.0 Å². The van der Waals surface area contributed by atoms with Gasteiger partial charge in [0.05, 0.1) is 6.20 Å². The largest absolute Gasteiger partial charge is 0.308 e. The minimum Gasteiger partial charge on any atom is -0.308 e. The molecule has 3 aromatic heterocycles. The van der Waals surface area contributed by atoms with Crippen molar-refractivity contribution in [2.75, 3.05) is 0 Å². The Morgan fingerprint density at radius 3 is 2.76 bits per heavy atom. The van der Waals surface area contributed by atoms with Crippen LogP contribution in [0, 0.1) is 6.92 Å². The van der Waals surface area contributed by atoms with Crippen LogP contribution in [0.25, 0.3) is 5.82 Å². The van der Waals surface area contributed by atoms with E-state index in [1.165, 1.54) is 5.56 Å². The fourth-order valence-electron chi connectivity index (χ4n) is 1.96. The summed E-state index contributed by atoms with van der Waals surface area (Å²) in [6.07, 6.45) is 7.33. The maximum atomic E-state index is 4.40. The summed E-state index contributed by atoms with van der Waals surface area (Å²) in [5, 5.41) is 14.5. The molecule has 3 rings (SSSR count). The smallest absolute Gasteiger partial charge is 0.153 e. The number of hydrogen-bond donors (Lipinski definition) is 2. The topological polar surface area (TPSA) is 71.4 Å². The van der Waals surface area contributed by atoms with E-state index < -0.39 is 0 Å². The van der Waals surface area contributed by atoms with E-state index >= 15 is 0 Å². The van der Waals surface area contributed by atoms with Gasteiger partial charge in [0.25, 0.3) is 0 Å². The highest BCUT2D eigenvalue weighted by Crippen LogP contribution is 2.06. The molecular weight excluding hydrogens is 288 g/mol. The van der Waals surface area contributed by atoms with Gasteiger partial charge in [-0.05, 0) is 24.6 Å². The van der Waals surface area contributed by atoms with Crippen LogP contribution in [0.4, 0.5) is 0 Å². The quantitative estimate of drug-likeness (QED) is 0.756. The fourth-order valence-corrected chi connectivity index (χ4v) is 1.96. The number of H-pyrrole nitrogens is 1. The van der Waals surface area contributed by atoms with Crippen LogP contribution in [0.5, 0.6) is 0 Å². The maximum Gasteiger partial charge on any atom is 0.153 e. The second kappa shape index (κ2) is 7.01. The lowest BCUT2D eigenvalue weighted by Crippen LogP contribution is -2.13. The van der Waals surface area contributed by atoms with Gasteiger partial charge in [0.15, 0.2) is 5.82 Å². The number of aromatic amines is 1. The zero-order valence-corrected chi connectivity index (χ0v) is 12.5. The standard InChI is InChI=1S/C14H16N6.ClH/c1-11-13(10-17-19-11)9-15-7-12-3-4-14(16-8-12)20-6-2-5-18-20;/h2-6,8,10,15H,7,9H2,1H3,(H,17,19);1H. The lowest BCUT2D eigenvalue weighted by atomic mass is 10.2. The van der Waals surface area contributed by atoms with Crippen LogP contribution in [0.1, 0.15) is 16.8 Å². The van der Waals surface area contributed by atoms with Crippen molar-refractivity contribution in [1.29, 1.82) is 0 Å². The van der Waals surface area contributed by atoms with E-state index in [-0.39, 0.29) is 12.4 Å². The van der Waals surface area contributed by atoms with Crippen molar-refractivity contribution in [3.63, 3.8) is 0 Å². The van der Waals surface area contributed by atoms with Gasteiger partial charge in [0.1, 0.15) is 0 Å². The predicted octanol–water partition coefficient (Wildman–Crippen LogP) is 2.01. The molecule has 110 valence electrons. The number of aryl methyl sites for hydroxylation is 1. The Bertz CT molecular complexity index is 659. The molecule has 0 unspecified atom stereocenters. The van der Waals surface area contributed by atoms with Gasteiger partial charge in [-0.25, -0.2) is 9.67 Å². The molecule has 0 radical (unpaired) electrons. The Morgan fingerprint density at radius 2 is 2.14 bits per heavy atom. The van der Waals surface area contributed by atoms with Crippen LogP contribution in [0.3, 0.4) is 0 Å². The number of rotatable bonds is 5. The van der Waals surface area contributed by atoms with Crippen LogP contribution in [-0.2, 0) is 13.1 Å².